The quantitative estimate of drug-likeness (QED) is 0.922. The van der Waals surface area contributed by atoms with Gasteiger partial charge in [-0.05, 0) is 22.0 Å². The van der Waals surface area contributed by atoms with E-state index in [1.54, 1.807) is 0 Å². The standard InChI is InChI=1S/C9H10BrClF3N3/c10-7-3-6(11)4-16-8(7)17(2-1-15)5-9(12,13)14/h3-4H,1-2,5,15H2. The van der Waals surface area contributed by atoms with Gasteiger partial charge in [-0.25, -0.2) is 4.98 Å². The van der Waals surface area contributed by atoms with Crippen molar-refractivity contribution in [2.75, 3.05) is 24.5 Å². The number of hydrogen-bond donors (Lipinski definition) is 1. The van der Waals surface area contributed by atoms with E-state index >= 15 is 0 Å². The molecule has 0 unspecified atom stereocenters. The van der Waals surface area contributed by atoms with Crippen LogP contribution in [-0.4, -0.2) is 30.8 Å². The fourth-order valence-electron chi connectivity index (χ4n) is 1.27. The third kappa shape index (κ3) is 4.69. The van der Waals surface area contributed by atoms with Crippen molar-refractivity contribution >= 4 is 33.3 Å². The van der Waals surface area contributed by atoms with E-state index in [-0.39, 0.29) is 18.9 Å². The molecule has 1 aromatic heterocycles. The molecule has 0 aliphatic heterocycles. The number of hydrogen-bond acceptors (Lipinski definition) is 3. The zero-order valence-corrected chi connectivity index (χ0v) is 11.0. The zero-order chi connectivity index (χ0) is 13.1. The average molecular weight is 333 g/mol. The second kappa shape index (κ2) is 5.88. The fraction of sp³-hybridized carbons (Fsp3) is 0.444. The Morgan fingerprint density at radius 1 is 1.47 bits per heavy atom. The van der Waals surface area contributed by atoms with Gasteiger partial charge in [0.25, 0.3) is 0 Å². The number of halogens is 5. The Balaban J connectivity index is 2.97. The molecule has 0 radical (unpaired) electrons. The predicted molar refractivity (Wildman–Crippen MR) is 64.3 cm³/mol. The molecule has 96 valence electrons. The largest absolute Gasteiger partial charge is 0.405 e. The molecule has 0 spiro atoms. The summed E-state index contributed by atoms with van der Waals surface area (Å²) in [4.78, 5) is 4.93. The van der Waals surface area contributed by atoms with E-state index in [0.717, 1.165) is 4.90 Å². The topological polar surface area (TPSA) is 42.1 Å². The molecule has 1 aromatic rings. The van der Waals surface area contributed by atoms with Crippen LogP contribution in [0.3, 0.4) is 0 Å². The van der Waals surface area contributed by atoms with Crippen LogP contribution in [0, 0.1) is 0 Å². The molecule has 1 rings (SSSR count). The minimum absolute atomic E-state index is 0.0622. The van der Waals surface area contributed by atoms with Crippen LogP contribution in [0.1, 0.15) is 0 Å². The number of nitrogens with zero attached hydrogens (tertiary/aromatic N) is 2. The third-order valence-electron chi connectivity index (χ3n) is 1.86. The van der Waals surface area contributed by atoms with Gasteiger partial charge in [-0.1, -0.05) is 11.6 Å². The Morgan fingerprint density at radius 3 is 2.59 bits per heavy atom. The summed E-state index contributed by atoms with van der Waals surface area (Å²) >= 11 is 8.80. The number of pyridine rings is 1. The summed E-state index contributed by atoms with van der Waals surface area (Å²) in [5, 5.41) is 0.348. The van der Waals surface area contributed by atoms with E-state index in [2.05, 4.69) is 20.9 Å². The summed E-state index contributed by atoms with van der Waals surface area (Å²) in [6, 6.07) is 1.49. The van der Waals surface area contributed by atoms with Crippen molar-refractivity contribution < 1.29 is 13.2 Å². The van der Waals surface area contributed by atoms with Gasteiger partial charge in [0, 0.05) is 19.3 Å². The van der Waals surface area contributed by atoms with Gasteiger partial charge in [0.1, 0.15) is 12.4 Å². The molecule has 2 N–H and O–H groups in total. The summed E-state index contributed by atoms with van der Waals surface area (Å²) in [6.45, 7) is -0.934. The van der Waals surface area contributed by atoms with Crippen molar-refractivity contribution in [1.29, 1.82) is 0 Å². The Hall–Kier alpha value is -0.530. The van der Waals surface area contributed by atoms with Gasteiger partial charge in [0.2, 0.25) is 0 Å². The van der Waals surface area contributed by atoms with E-state index in [1.165, 1.54) is 12.3 Å². The molecule has 0 saturated heterocycles. The Labute approximate surface area is 110 Å². The second-order valence-corrected chi connectivity index (χ2v) is 4.58. The van der Waals surface area contributed by atoms with Crippen molar-refractivity contribution in [3.63, 3.8) is 0 Å². The fourth-order valence-corrected chi connectivity index (χ4v) is 2.16. The highest BCUT2D eigenvalue weighted by Crippen LogP contribution is 2.28. The van der Waals surface area contributed by atoms with Crippen LogP contribution in [0.25, 0.3) is 0 Å². The minimum Gasteiger partial charge on any atom is -0.345 e. The Bertz CT molecular complexity index is 386. The lowest BCUT2D eigenvalue weighted by molar-refractivity contribution is -0.119. The molecule has 0 aliphatic carbocycles. The van der Waals surface area contributed by atoms with E-state index in [9.17, 15) is 13.2 Å². The van der Waals surface area contributed by atoms with Crippen LogP contribution >= 0.6 is 27.5 Å². The summed E-state index contributed by atoms with van der Waals surface area (Å²) in [6.07, 6.45) is -3.02. The van der Waals surface area contributed by atoms with E-state index in [0.29, 0.717) is 9.50 Å². The monoisotopic (exact) mass is 331 g/mol. The lowest BCUT2D eigenvalue weighted by atomic mass is 10.4. The summed E-state index contributed by atoms with van der Waals surface area (Å²) in [5.74, 6) is 0.178. The van der Waals surface area contributed by atoms with Gasteiger partial charge >= 0.3 is 6.18 Å². The van der Waals surface area contributed by atoms with E-state index < -0.39 is 12.7 Å². The number of rotatable bonds is 4. The number of alkyl halides is 3. The number of anilines is 1. The van der Waals surface area contributed by atoms with Crippen LogP contribution < -0.4 is 10.6 Å². The van der Waals surface area contributed by atoms with Gasteiger partial charge in [0.15, 0.2) is 0 Å². The number of nitrogens with two attached hydrogens (primary N) is 1. The molecule has 3 nitrogen and oxygen atoms in total. The van der Waals surface area contributed by atoms with Gasteiger partial charge in [0.05, 0.1) is 9.50 Å². The molecule has 0 amide bonds. The van der Waals surface area contributed by atoms with Crippen LogP contribution in [0.15, 0.2) is 16.7 Å². The first-order chi connectivity index (χ1) is 7.83. The van der Waals surface area contributed by atoms with Crippen molar-refractivity contribution in [1.82, 2.24) is 4.98 Å². The molecular formula is C9H10BrClF3N3. The zero-order valence-electron chi connectivity index (χ0n) is 8.64. The smallest absolute Gasteiger partial charge is 0.345 e. The maximum absolute atomic E-state index is 12.4. The highest BCUT2D eigenvalue weighted by molar-refractivity contribution is 9.10. The Kier molecular flexibility index (Phi) is 5.03. The summed E-state index contributed by atoms with van der Waals surface area (Å²) in [5.41, 5.74) is 5.29. The average Bonchev–Trinajstić information content (AvgIpc) is 2.14. The predicted octanol–water partition coefficient (Wildman–Crippen LogP) is 2.82. The highest BCUT2D eigenvalue weighted by atomic mass is 79.9. The van der Waals surface area contributed by atoms with E-state index in [1.807, 2.05) is 0 Å². The summed E-state index contributed by atoms with van der Waals surface area (Å²) in [7, 11) is 0. The summed E-state index contributed by atoms with van der Waals surface area (Å²) < 4.78 is 37.5. The molecule has 0 aromatic carbocycles. The van der Waals surface area contributed by atoms with Crippen molar-refractivity contribution in [2.45, 2.75) is 6.18 Å². The lowest BCUT2D eigenvalue weighted by Gasteiger charge is -2.25. The van der Waals surface area contributed by atoms with E-state index in [4.69, 9.17) is 17.3 Å². The molecular weight excluding hydrogens is 322 g/mol. The molecule has 8 heteroatoms. The molecule has 0 atom stereocenters. The molecule has 17 heavy (non-hydrogen) atoms. The van der Waals surface area contributed by atoms with Crippen molar-refractivity contribution in [3.8, 4) is 0 Å². The van der Waals surface area contributed by atoms with Crippen LogP contribution in [0.2, 0.25) is 5.02 Å². The van der Waals surface area contributed by atoms with Gasteiger partial charge in [-0.3, -0.25) is 0 Å². The maximum atomic E-state index is 12.4. The van der Waals surface area contributed by atoms with Gasteiger partial charge in [-0.15, -0.1) is 0 Å². The maximum Gasteiger partial charge on any atom is 0.405 e. The van der Waals surface area contributed by atoms with Crippen molar-refractivity contribution in [2.24, 2.45) is 5.73 Å². The first-order valence-electron chi connectivity index (χ1n) is 4.66. The number of aromatic nitrogens is 1. The van der Waals surface area contributed by atoms with Crippen LogP contribution in [0.5, 0.6) is 0 Å². The highest BCUT2D eigenvalue weighted by Gasteiger charge is 2.31. The first kappa shape index (κ1) is 14.5. The molecule has 1 heterocycles. The first-order valence-corrected chi connectivity index (χ1v) is 5.83. The van der Waals surface area contributed by atoms with Crippen LogP contribution in [-0.2, 0) is 0 Å². The third-order valence-corrected chi connectivity index (χ3v) is 2.65. The molecule has 0 aliphatic rings. The molecule has 0 bridgehead atoms. The van der Waals surface area contributed by atoms with Gasteiger partial charge < -0.3 is 10.6 Å². The SMILES string of the molecule is NCCN(CC(F)(F)F)c1ncc(Cl)cc1Br. The molecule has 0 saturated carbocycles. The van der Waals surface area contributed by atoms with Crippen LogP contribution in [0.4, 0.5) is 19.0 Å². The normalized spacial score (nSPS) is 11.6. The lowest BCUT2D eigenvalue weighted by Crippen LogP contribution is -2.38. The minimum atomic E-state index is -4.31. The Morgan fingerprint density at radius 2 is 2.12 bits per heavy atom. The van der Waals surface area contributed by atoms with Gasteiger partial charge in [-0.2, -0.15) is 13.2 Å². The second-order valence-electron chi connectivity index (χ2n) is 3.28. The van der Waals surface area contributed by atoms with Crippen molar-refractivity contribution in [3.05, 3.63) is 21.8 Å². The molecule has 0 fully saturated rings.